The normalized spacial score (nSPS) is 9.64. The summed E-state index contributed by atoms with van der Waals surface area (Å²) in [5.74, 6) is -0.898. The summed E-state index contributed by atoms with van der Waals surface area (Å²) in [5, 5.41) is 20.4. The molecule has 0 atom stereocenters. The van der Waals surface area contributed by atoms with Gasteiger partial charge in [-0.1, -0.05) is 11.6 Å². The molecule has 0 fully saturated rings. The van der Waals surface area contributed by atoms with E-state index < -0.39 is 21.4 Å². The van der Waals surface area contributed by atoms with E-state index in [1.165, 1.54) is 6.20 Å². The van der Waals surface area contributed by atoms with E-state index in [1.807, 2.05) is 0 Å². The standard InChI is InChI=1S/C5H2BrClN2O2.C5H2BrFN2O2/c2*6-3-1-8-2-4(5(3)7)9(10)11/h2*1-2H. The Bertz CT molecular complexity index is 673. The van der Waals surface area contributed by atoms with Crippen LogP contribution in [0.1, 0.15) is 0 Å². The largest absolute Gasteiger partial charge is 0.324 e. The molecule has 0 radical (unpaired) electrons. The highest BCUT2D eigenvalue weighted by atomic mass is 79.9. The van der Waals surface area contributed by atoms with Crippen molar-refractivity contribution >= 4 is 54.8 Å². The lowest BCUT2D eigenvalue weighted by atomic mass is 10.4. The molecular formula is C10H4Br2ClFN4O4. The molecule has 2 aromatic rings. The second kappa shape index (κ2) is 8.06. The first-order valence-electron chi connectivity index (χ1n) is 5.12. The number of aromatic nitrogens is 2. The lowest BCUT2D eigenvalue weighted by molar-refractivity contribution is -0.388. The van der Waals surface area contributed by atoms with Crippen LogP contribution in [-0.2, 0) is 0 Å². The van der Waals surface area contributed by atoms with Crippen LogP contribution in [0.3, 0.4) is 0 Å². The fourth-order valence-electron chi connectivity index (χ4n) is 1.07. The van der Waals surface area contributed by atoms with Crippen molar-refractivity contribution in [2.75, 3.05) is 0 Å². The summed E-state index contributed by atoms with van der Waals surface area (Å²) in [5.41, 5.74) is -0.819. The van der Waals surface area contributed by atoms with Gasteiger partial charge in [-0.2, -0.15) is 4.39 Å². The molecule has 8 nitrogen and oxygen atoms in total. The smallest absolute Gasteiger partial charge is 0.258 e. The second-order valence-electron chi connectivity index (χ2n) is 3.42. The number of pyridine rings is 2. The fraction of sp³-hybridized carbons (Fsp3) is 0. The first-order valence-corrected chi connectivity index (χ1v) is 7.08. The van der Waals surface area contributed by atoms with Gasteiger partial charge in [0.25, 0.3) is 0 Å². The van der Waals surface area contributed by atoms with Gasteiger partial charge in [0.2, 0.25) is 5.82 Å². The average molecular weight is 458 g/mol. The summed E-state index contributed by atoms with van der Waals surface area (Å²) in [6, 6.07) is 0. The number of hydrogen-bond acceptors (Lipinski definition) is 6. The Kier molecular flexibility index (Phi) is 6.71. The maximum absolute atomic E-state index is 12.7. The van der Waals surface area contributed by atoms with Crippen LogP contribution in [0.2, 0.25) is 5.02 Å². The zero-order chi connectivity index (χ0) is 16.9. The molecule has 0 saturated carbocycles. The zero-order valence-electron chi connectivity index (χ0n) is 10.2. The van der Waals surface area contributed by atoms with Crippen molar-refractivity contribution in [2.24, 2.45) is 0 Å². The molecule has 2 rings (SSSR count). The molecule has 116 valence electrons. The van der Waals surface area contributed by atoms with E-state index >= 15 is 0 Å². The predicted molar refractivity (Wildman–Crippen MR) is 82.2 cm³/mol. The minimum Gasteiger partial charge on any atom is -0.258 e. The van der Waals surface area contributed by atoms with Crippen molar-refractivity contribution in [1.29, 1.82) is 0 Å². The Hall–Kier alpha value is -1.72. The Labute approximate surface area is 143 Å². The molecule has 0 aliphatic carbocycles. The highest BCUT2D eigenvalue weighted by Crippen LogP contribution is 2.29. The molecule has 12 heteroatoms. The molecule has 0 aromatic carbocycles. The SMILES string of the molecule is O=[N+]([O-])c1cncc(Br)c1Cl.O=[N+]([O-])c1cncc(Br)c1F. The Balaban J connectivity index is 0.000000220. The van der Waals surface area contributed by atoms with Gasteiger partial charge in [-0.05, 0) is 31.9 Å². The molecule has 22 heavy (non-hydrogen) atoms. The van der Waals surface area contributed by atoms with Gasteiger partial charge < -0.3 is 0 Å². The van der Waals surface area contributed by atoms with Crippen LogP contribution in [0.5, 0.6) is 0 Å². The zero-order valence-corrected chi connectivity index (χ0v) is 14.2. The summed E-state index contributed by atoms with van der Waals surface area (Å²) in [7, 11) is 0. The quantitative estimate of drug-likeness (QED) is 0.490. The summed E-state index contributed by atoms with van der Waals surface area (Å²) < 4.78 is 13.1. The van der Waals surface area contributed by atoms with Gasteiger partial charge in [0.05, 0.1) is 18.8 Å². The van der Waals surface area contributed by atoms with Gasteiger partial charge in [-0.25, -0.2) is 0 Å². The minimum absolute atomic E-state index is 0.00769. The Morgan fingerprint density at radius 2 is 1.41 bits per heavy atom. The number of rotatable bonds is 2. The molecular weight excluding hydrogens is 454 g/mol. The molecule has 0 amide bonds. The van der Waals surface area contributed by atoms with Crippen molar-refractivity contribution < 1.29 is 14.2 Å². The second-order valence-corrected chi connectivity index (χ2v) is 5.51. The molecule has 0 aliphatic rings. The lowest BCUT2D eigenvalue weighted by Gasteiger charge is -1.94. The van der Waals surface area contributed by atoms with Gasteiger partial charge in [-0.15, -0.1) is 0 Å². The number of hydrogen-bond donors (Lipinski definition) is 0. The minimum atomic E-state index is -0.898. The molecule has 0 aliphatic heterocycles. The Morgan fingerprint density at radius 1 is 0.955 bits per heavy atom. The molecule has 0 saturated heterocycles. The number of halogens is 4. The third-order valence-electron chi connectivity index (χ3n) is 2.03. The molecule has 0 bridgehead atoms. The maximum Gasteiger partial charge on any atom is 0.324 e. The number of nitro groups is 2. The van der Waals surface area contributed by atoms with Gasteiger partial charge in [0, 0.05) is 12.4 Å². The van der Waals surface area contributed by atoms with Crippen molar-refractivity contribution in [3.8, 4) is 0 Å². The molecule has 2 heterocycles. The van der Waals surface area contributed by atoms with Crippen LogP contribution in [0.4, 0.5) is 15.8 Å². The maximum atomic E-state index is 12.7. The third kappa shape index (κ3) is 4.64. The predicted octanol–water partition coefficient (Wildman–Crippen LogP) is 4.30. The molecule has 0 N–H and O–H groups in total. The van der Waals surface area contributed by atoms with E-state index in [4.69, 9.17) is 11.6 Å². The van der Waals surface area contributed by atoms with Crippen LogP contribution in [-0.4, -0.2) is 19.8 Å². The van der Waals surface area contributed by atoms with Crippen LogP contribution in [0.25, 0.3) is 0 Å². The van der Waals surface area contributed by atoms with Crippen LogP contribution < -0.4 is 0 Å². The van der Waals surface area contributed by atoms with Crippen LogP contribution in [0.15, 0.2) is 33.7 Å². The van der Waals surface area contributed by atoms with E-state index in [0.717, 1.165) is 18.6 Å². The van der Waals surface area contributed by atoms with Gasteiger partial charge in [-0.3, -0.25) is 30.2 Å². The fourth-order valence-corrected chi connectivity index (χ4v) is 1.88. The third-order valence-corrected chi connectivity index (χ3v) is 3.81. The van der Waals surface area contributed by atoms with E-state index in [2.05, 4.69) is 41.8 Å². The first kappa shape index (κ1) is 18.3. The summed E-state index contributed by atoms with van der Waals surface area (Å²) in [4.78, 5) is 25.9. The van der Waals surface area contributed by atoms with Crippen LogP contribution >= 0.6 is 43.5 Å². The van der Waals surface area contributed by atoms with E-state index in [9.17, 15) is 24.6 Å². The highest BCUT2D eigenvalue weighted by Gasteiger charge is 2.16. The average Bonchev–Trinajstić information content (AvgIpc) is 2.45. The molecule has 0 spiro atoms. The van der Waals surface area contributed by atoms with Crippen LogP contribution in [0, 0.1) is 26.0 Å². The topological polar surface area (TPSA) is 112 Å². The monoisotopic (exact) mass is 456 g/mol. The van der Waals surface area contributed by atoms with E-state index in [0.29, 0.717) is 4.47 Å². The van der Waals surface area contributed by atoms with Crippen molar-refractivity contribution in [2.45, 2.75) is 0 Å². The lowest BCUT2D eigenvalue weighted by Crippen LogP contribution is -1.93. The van der Waals surface area contributed by atoms with Crippen molar-refractivity contribution in [1.82, 2.24) is 9.97 Å². The Morgan fingerprint density at radius 3 is 1.82 bits per heavy atom. The van der Waals surface area contributed by atoms with E-state index in [1.54, 1.807) is 0 Å². The van der Waals surface area contributed by atoms with Gasteiger partial charge in [0.15, 0.2) is 0 Å². The summed E-state index contributed by atoms with van der Waals surface area (Å²) in [6.45, 7) is 0. The van der Waals surface area contributed by atoms with E-state index in [-0.39, 0.29) is 15.2 Å². The van der Waals surface area contributed by atoms with Crippen molar-refractivity contribution in [3.05, 3.63) is 64.8 Å². The van der Waals surface area contributed by atoms with Gasteiger partial charge in [0.1, 0.15) is 17.4 Å². The van der Waals surface area contributed by atoms with Crippen molar-refractivity contribution in [3.63, 3.8) is 0 Å². The first-order chi connectivity index (χ1) is 10.3. The summed E-state index contributed by atoms with van der Waals surface area (Å²) >= 11 is 11.3. The molecule has 0 unspecified atom stereocenters. The summed E-state index contributed by atoms with van der Waals surface area (Å²) in [6.07, 6.45) is 4.52. The number of nitrogens with zero attached hydrogens (tertiary/aromatic N) is 4. The van der Waals surface area contributed by atoms with Gasteiger partial charge >= 0.3 is 11.4 Å². The highest BCUT2D eigenvalue weighted by molar-refractivity contribution is 9.10. The molecule has 2 aromatic heterocycles.